The molecule has 1 N–H and O–H groups in total. The Hall–Kier alpha value is -1.10. The van der Waals surface area contributed by atoms with E-state index in [1.807, 2.05) is 49.4 Å². The van der Waals surface area contributed by atoms with Crippen LogP contribution in [0.3, 0.4) is 0 Å². The number of hydrogen-bond acceptors (Lipinski definition) is 3. The lowest BCUT2D eigenvalue weighted by atomic mass is 10.1. The van der Waals surface area contributed by atoms with Crippen LogP contribution in [-0.2, 0) is 15.4 Å². The molecule has 0 fully saturated rings. The van der Waals surface area contributed by atoms with E-state index in [1.165, 1.54) is 0 Å². The zero-order valence-electron chi connectivity index (χ0n) is 12.8. The molecule has 22 heavy (non-hydrogen) atoms. The van der Waals surface area contributed by atoms with Gasteiger partial charge in [0.2, 0.25) is 0 Å². The molecule has 0 radical (unpaired) electrons. The SMILES string of the molecule is COC(NC(C)c1cccc(Cl)c1Cl)(OC)c1ccccc1. The Kier molecular flexibility index (Phi) is 5.84. The highest BCUT2D eigenvalue weighted by atomic mass is 35.5. The van der Waals surface area contributed by atoms with Crippen molar-refractivity contribution in [1.29, 1.82) is 0 Å². The summed E-state index contributed by atoms with van der Waals surface area (Å²) in [5.41, 5.74) is 1.74. The van der Waals surface area contributed by atoms with Crippen molar-refractivity contribution >= 4 is 23.2 Å². The van der Waals surface area contributed by atoms with Crippen LogP contribution in [0.4, 0.5) is 0 Å². The standard InChI is InChI=1S/C17H19Cl2NO2/c1-12(14-10-7-11-15(18)16(14)19)20-17(21-2,22-3)13-8-5-4-6-9-13/h4-12,20H,1-3H3. The summed E-state index contributed by atoms with van der Waals surface area (Å²) in [4.78, 5) is 0. The Morgan fingerprint density at radius 3 is 2.18 bits per heavy atom. The zero-order valence-corrected chi connectivity index (χ0v) is 14.3. The first kappa shape index (κ1) is 17.3. The van der Waals surface area contributed by atoms with Gasteiger partial charge in [-0.2, -0.15) is 0 Å². The first-order valence-corrected chi connectivity index (χ1v) is 7.67. The lowest BCUT2D eigenvalue weighted by molar-refractivity contribution is -0.242. The molecule has 0 aliphatic rings. The predicted molar refractivity (Wildman–Crippen MR) is 90.2 cm³/mol. The molecule has 0 heterocycles. The Bertz CT molecular complexity index is 615. The van der Waals surface area contributed by atoms with Crippen molar-refractivity contribution in [1.82, 2.24) is 5.32 Å². The van der Waals surface area contributed by atoms with Crippen LogP contribution in [0.15, 0.2) is 48.5 Å². The molecule has 2 aromatic carbocycles. The summed E-state index contributed by atoms with van der Waals surface area (Å²) in [6.45, 7) is 1.98. The fourth-order valence-corrected chi connectivity index (χ4v) is 2.87. The largest absolute Gasteiger partial charge is 0.337 e. The summed E-state index contributed by atoms with van der Waals surface area (Å²) < 4.78 is 11.3. The van der Waals surface area contributed by atoms with Gasteiger partial charge in [-0.3, -0.25) is 5.32 Å². The summed E-state index contributed by atoms with van der Waals surface area (Å²) in [6.07, 6.45) is 0. The van der Waals surface area contributed by atoms with Crippen molar-refractivity contribution in [2.75, 3.05) is 14.2 Å². The van der Waals surface area contributed by atoms with E-state index in [4.69, 9.17) is 32.7 Å². The topological polar surface area (TPSA) is 30.5 Å². The van der Waals surface area contributed by atoms with Crippen molar-refractivity contribution in [2.24, 2.45) is 0 Å². The van der Waals surface area contributed by atoms with Gasteiger partial charge in [0, 0.05) is 25.8 Å². The van der Waals surface area contributed by atoms with E-state index in [1.54, 1.807) is 20.3 Å². The van der Waals surface area contributed by atoms with E-state index in [0.717, 1.165) is 11.1 Å². The minimum Gasteiger partial charge on any atom is -0.337 e. The number of halogens is 2. The van der Waals surface area contributed by atoms with Crippen molar-refractivity contribution in [2.45, 2.75) is 18.9 Å². The second-order valence-electron chi connectivity index (χ2n) is 4.90. The van der Waals surface area contributed by atoms with Gasteiger partial charge in [0.15, 0.2) is 0 Å². The van der Waals surface area contributed by atoms with Gasteiger partial charge in [-0.1, -0.05) is 65.7 Å². The summed E-state index contributed by atoms with van der Waals surface area (Å²) in [5, 5.41) is 4.39. The maximum absolute atomic E-state index is 6.30. The van der Waals surface area contributed by atoms with E-state index < -0.39 is 5.91 Å². The molecule has 1 atom stereocenters. The Morgan fingerprint density at radius 2 is 1.59 bits per heavy atom. The second-order valence-corrected chi connectivity index (χ2v) is 5.69. The Balaban J connectivity index is 2.34. The Labute approximate surface area is 141 Å². The molecule has 2 rings (SSSR count). The quantitative estimate of drug-likeness (QED) is 0.770. The lowest BCUT2D eigenvalue weighted by Crippen LogP contribution is -2.47. The number of hydrogen-bond donors (Lipinski definition) is 1. The molecule has 0 spiro atoms. The first-order chi connectivity index (χ1) is 10.5. The molecule has 5 heteroatoms. The average Bonchev–Trinajstić information content (AvgIpc) is 2.56. The third kappa shape index (κ3) is 3.45. The fourth-order valence-electron chi connectivity index (χ4n) is 2.40. The molecule has 0 bridgehead atoms. The Morgan fingerprint density at radius 1 is 0.955 bits per heavy atom. The minimum atomic E-state index is -1.06. The number of methoxy groups -OCH3 is 2. The number of benzene rings is 2. The number of rotatable bonds is 6. The van der Waals surface area contributed by atoms with Crippen LogP contribution >= 0.6 is 23.2 Å². The van der Waals surface area contributed by atoms with Gasteiger partial charge < -0.3 is 9.47 Å². The van der Waals surface area contributed by atoms with Crippen LogP contribution in [-0.4, -0.2) is 14.2 Å². The van der Waals surface area contributed by atoms with Gasteiger partial charge in [-0.15, -0.1) is 0 Å². The zero-order chi connectivity index (χ0) is 16.2. The maximum Gasteiger partial charge on any atom is 0.255 e. The van der Waals surface area contributed by atoms with Crippen LogP contribution < -0.4 is 5.32 Å². The predicted octanol–water partition coefficient (Wildman–Crippen LogP) is 4.75. The molecule has 0 amide bonds. The molecule has 1 unspecified atom stereocenters. The van der Waals surface area contributed by atoms with Gasteiger partial charge in [0.1, 0.15) is 0 Å². The van der Waals surface area contributed by atoms with Gasteiger partial charge >= 0.3 is 0 Å². The van der Waals surface area contributed by atoms with Gasteiger partial charge in [0.25, 0.3) is 5.91 Å². The van der Waals surface area contributed by atoms with E-state index in [2.05, 4.69) is 5.32 Å². The van der Waals surface area contributed by atoms with Gasteiger partial charge in [0.05, 0.1) is 10.0 Å². The molecular formula is C17H19Cl2NO2. The first-order valence-electron chi connectivity index (χ1n) is 6.91. The maximum atomic E-state index is 6.30. The summed E-state index contributed by atoms with van der Waals surface area (Å²) in [7, 11) is 3.19. The number of nitrogens with one attached hydrogen (secondary N) is 1. The third-order valence-corrected chi connectivity index (χ3v) is 4.42. The van der Waals surface area contributed by atoms with Crippen LogP contribution in [0, 0.1) is 0 Å². The van der Waals surface area contributed by atoms with Crippen molar-refractivity contribution in [3.63, 3.8) is 0 Å². The molecule has 0 aromatic heterocycles. The molecule has 0 aliphatic heterocycles. The van der Waals surface area contributed by atoms with E-state index in [0.29, 0.717) is 10.0 Å². The normalized spacial score (nSPS) is 13.1. The van der Waals surface area contributed by atoms with Crippen LogP contribution in [0.1, 0.15) is 24.1 Å². The molecule has 2 aromatic rings. The summed E-state index contributed by atoms with van der Waals surface area (Å²) in [6, 6.07) is 15.1. The highest BCUT2D eigenvalue weighted by Gasteiger charge is 2.34. The molecule has 0 aliphatic carbocycles. The fraction of sp³-hybridized carbons (Fsp3) is 0.294. The average molecular weight is 340 g/mol. The highest BCUT2D eigenvalue weighted by Crippen LogP contribution is 2.33. The number of ether oxygens (including phenoxy) is 2. The minimum absolute atomic E-state index is 0.133. The molecule has 118 valence electrons. The van der Waals surface area contributed by atoms with Crippen molar-refractivity contribution in [3.8, 4) is 0 Å². The molecule has 0 saturated heterocycles. The monoisotopic (exact) mass is 339 g/mol. The van der Waals surface area contributed by atoms with Crippen LogP contribution in [0.5, 0.6) is 0 Å². The van der Waals surface area contributed by atoms with E-state index >= 15 is 0 Å². The van der Waals surface area contributed by atoms with Crippen molar-refractivity contribution < 1.29 is 9.47 Å². The molecule has 3 nitrogen and oxygen atoms in total. The van der Waals surface area contributed by atoms with Crippen LogP contribution in [0.2, 0.25) is 10.0 Å². The lowest BCUT2D eigenvalue weighted by Gasteiger charge is -2.35. The molecule has 0 saturated carbocycles. The molecular weight excluding hydrogens is 321 g/mol. The van der Waals surface area contributed by atoms with Gasteiger partial charge in [-0.25, -0.2) is 0 Å². The van der Waals surface area contributed by atoms with E-state index in [-0.39, 0.29) is 6.04 Å². The second kappa shape index (κ2) is 7.44. The smallest absolute Gasteiger partial charge is 0.255 e. The van der Waals surface area contributed by atoms with Crippen LogP contribution in [0.25, 0.3) is 0 Å². The summed E-state index contributed by atoms with van der Waals surface area (Å²) in [5.74, 6) is -1.06. The highest BCUT2D eigenvalue weighted by molar-refractivity contribution is 6.42. The summed E-state index contributed by atoms with van der Waals surface area (Å²) >= 11 is 12.4. The van der Waals surface area contributed by atoms with Crippen molar-refractivity contribution in [3.05, 3.63) is 69.7 Å². The third-order valence-electron chi connectivity index (χ3n) is 3.58. The van der Waals surface area contributed by atoms with E-state index in [9.17, 15) is 0 Å². The van der Waals surface area contributed by atoms with Gasteiger partial charge in [-0.05, 0) is 18.6 Å².